The lowest BCUT2D eigenvalue weighted by molar-refractivity contribution is -0.128. The molecule has 124 valence electrons. The van der Waals surface area contributed by atoms with E-state index in [0.29, 0.717) is 31.6 Å². The standard InChI is InChI=1S/C17H23N3O3/c21-15-10-18-8-14(15)9-19-17(23)13-4-1-3-12(7-13)11-20-6-2-5-16(20)22/h1,3-4,7,14-15,18,21H,2,5-6,8-11H2,(H,19,23). The van der Waals surface area contributed by atoms with E-state index in [1.165, 1.54) is 0 Å². The molecule has 2 fully saturated rings. The third-order valence-electron chi connectivity index (χ3n) is 4.56. The van der Waals surface area contributed by atoms with Crippen LogP contribution in [0.15, 0.2) is 24.3 Å². The number of aliphatic hydroxyl groups is 1. The minimum absolute atomic E-state index is 0.0596. The molecule has 1 aromatic rings. The van der Waals surface area contributed by atoms with Crippen LogP contribution in [0.2, 0.25) is 0 Å². The second kappa shape index (κ2) is 7.10. The van der Waals surface area contributed by atoms with E-state index in [2.05, 4.69) is 10.6 Å². The van der Waals surface area contributed by atoms with Gasteiger partial charge in [0.05, 0.1) is 6.10 Å². The third kappa shape index (κ3) is 3.89. The van der Waals surface area contributed by atoms with Gasteiger partial charge in [-0.3, -0.25) is 9.59 Å². The van der Waals surface area contributed by atoms with Crippen LogP contribution in [-0.2, 0) is 11.3 Å². The SMILES string of the molecule is O=C(NCC1CNCC1O)c1cccc(CN2CCCC2=O)c1. The van der Waals surface area contributed by atoms with Gasteiger partial charge in [-0.1, -0.05) is 12.1 Å². The molecule has 0 bridgehead atoms. The minimum Gasteiger partial charge on any atom is -0.391 e. The average molecular weight is 317 g/mol. The molecule has 2 unspecified atom stereocenters. The predicted molar refractivity (Wildman–Crippen MR) is 85.8 cm³/mol. The van der Waals surface area contributed by atoms with Gasteiger partial charge in [-0.15, -0.1) is 0 Å². The molecule has 1 aromatic carbocycles. The molecule has 0 radical (unpaired) electrons. The van der Waals surface area contributed by atoms with Gasteiger partial charge < -0.3 is 20.6 Å². The van der Waals surface area contributed by atoms with Crippen LogP contribution in [0.3, 0.4) is 0 Å². The van der Waals surface area contributed by atoms with E-state index in [0.717, 1.165) is 25.1 Å². The highest BCUT2D eigenvalue weighted by Crippen LogP contribution is 2.15. The molecule has 0 aromatic heterocycles. The highest BCUT2D eigenvalue weighted by Gasteiger charge is 2.25. The molecule has 0 saturated carbocycles. The second-order valence-electron chi connectivity index (χ2n) is 6.31. The Bertz CT molecular complexity index is 590. The lowest BCUT2D eigenvalue weighted by atomic mass is 10.1. The van der Waals surface area contributed by atoms with Gasteiger partial charge in [0.1, 0.15) is 0 Å². The van der Waals surface area contributed by atoms with E-state index >= 15 is 0 Å². The lowest BCUT2D eigenvalue weighted by Crippen LogP contribution is -2.34. The van der Waals surface area contributed by atoms with Gasteiger partial charge >= 0.3 is 0 Å². The van der Waals surface area contributed by atoms with E-state index in [9.17, 15) is 14.7 Å². The first-order chi connectivity index (χ1) is 11.1. The molecule has 2 aliphatic rings. The quantitative estimate of drug-likeness (QED) is 0.720. The van der Waals surface area contributed by atoms with Gasteiger partial charge in [0.2, 0.25) is 5.91 Å². The molecular weight excluding hydrogens is 294 g/mol. The van der Waals surface area contributed by atoms with E-state index in [1.807, 2.05) is 23.1 Å². The Balaban J connectivity index is 1.57. The number of rotatable bonds is 5. The molecule has 2 amide bonds. The Morgan fingerprint density at radius 2 is 2.26 bits per heavy atom. The van der Waals surface area contributed by atoms with Crippen molar-refractivity contribution in [3.05, 3.63) is 35.4 Å². The molecule has 0 spiro atoms. The number of nitrogens with zero attached hydrogens (tertiary/aromatic N) is 1. The van der Waals surface area contributed by atoms with Gasteiger partial charge in [0.15, 0.2) is 0 Å². The summed E-state index contributed by atoms with van der Waals surface area (Å²) in [4.78, 5) is 25.8. The van der Waals surface area contributed by atoms with Gasteiger partial charge in [-0.05, 0) is 24.1 Å². The number of aliphatic hydroxyl groups excluding tert-OH is 1. The van der Waals surface area contributed by atoms with Crippen LogP contribution in [0.4, 0.5) is 0 Å². The van der Waals surface area contributed by atoms with E-state index in [4.69, 9.17) is 0 Å². The summed E-state index contributed by atoms with van der Waals surface area (Å²) in [5.41, 5.74) is 1.56. The zero-order valence-corrected chi connectivity index (χ0v) is 13.1. The Morgan fingerprint density at radius 1 is 1.39 bits per heavy atom. The molecular formula is C17H23N3O3. The first-order valence-electron chi connectivity index (χ1n) is 8.17. The van der Waals surface area contributed by atoms with Crippen molar-refractivity contribution in [1.82, 2.24) is 15.5 Å². The van der Waals surface area contributed by atoms with Crippen LogP contribution < -0.4 is 10.6 Å². The molecule has 0 aliphatic carbocycles. The molecule has 2 aliphatic heterocycles. The van der Waals surface area contributed by atoms with Crippen molar-refractivity contribution in [2.24, 2.45) is 5.92 Å². The Labute approximate surface area is 135 Å². The van der Waals surface area contributed by atoms with E-state index in [1.54, 1.807) is 6.07 Å². The zero-order valence-electron chi connectivity index (χ0n) is 13.1. The number of hydrogen-bond donors (Lipinski definition) is 3. The number of carbonyl (C=O) groups excluding carboxylic acids is 2. The number of likely N-dealkylation sites (tertiary alicyclic amines) is 1. The lowest BCUT2D eigenvalue weighted by Gasteiger charge is -2.16. The highest BCUT2D eigenvalue weighted by molar-refractivity contribution is 5.94. The van der Waals surface area contributed by atoms with Crippen molar-refractivity contribution < 1.29 is 14.7 Å². The largest absolute Gasteiger partial charge is 0.391 e. The van der Waals surface area contributed by atoms with Gasteiger partial charge in [-0.2, -0.15) is 0 Å². The minimum atomic E-state index is -0.400. The van der Waals surface area contributed by atoms with Crippen molar-refractivity contribution in [1.29, 1.82) is 0 Å². The number of carbonyl (C=O) groups is 2. The number of hydrogen-bond acceptors (Lipinski definition) is 4. The first-order valence-corrected chi connectivity index (χ1v) is 8.17. The molecule has 2 saturated heterocycles. The fourth-order valence-corrected chi connectivity index (χ4v) is 3.16. The number of nitrogens with one attached hydrogen (secondary N) is 2. The summed E-state index contributed by atoms with van der Waals surface area (Å²) >= 11 is 0. The van der Waals surface area contributed by atoms with Gasteiger partial charge in [0.25, 0.3) is 5.91 Å². The topological polar surface area (TPSA) is 81.7 Å². The molecule has 6 nitrogen and oxygen atoms in total. The monoisotopic (exact) mass is 317 g/mol. The first kappa shape index (κ1) is 16.0. The summed E-state index contributed by atoms with van der Waals surface area (Å²) in [5.74, 6) is 0.102. The summed E-state index contributed by atoms with van der Waals surface area (Å²) in [6, 6.07) is 7.39. The summed E-state index contributed by atoms with van der Waals surface area (Å²) in [6.45, 7) is 3.12. The van der Waals surface area contributed by atoms with Crippen LogP contribution in [0.1, 0.15) is 28.8 Å². The number of amides is 2. The van der Waals surface area contributed by atoms with Crippen molar-refractivity contribution in [2.45, 2.75) is 25.5 Å². The van der Waals surface area contributed by atoms with Crippen molar-refractivity contribution in [3.63, 3.8) is 0 Å². The average Bonchev–Trinajstić information content (AvgIpc) is 3.14. The van der Waals surface area contributed by atoms with E-state index in [-0.39, 0.29) is 17.7 Å². The van der Waals surface area contributed by atoms with Gasteiger partial charge in [0, 0.05) is 50.6 Å². The van der Waals surface area contributed by atoms with Crippen molar-refractivity contribution >= 4 is 11.8 Å². The molecule has 3 N–H and O–H groups in total. The van der Waals surface area contributed by atoms with Gasteiger partial charge in [-0.25, -0.2) is 0 Å². The molecule has 23 heavy (non-hydrogen) atoms. The Morgan fingerprint density at radius 3 is 2.96 bits per heavy atom. The van der Waals surface area contributed by atoms with Crippen LogP contribution in [0, 0.1) is 5.92 Å². The van der Waals surface area contributed by atoms with E-state index < -0.39 is 6.10 Å². The summed E-state index contributed by atoms with van der Waals surface area (Å²) in [5, 5.41) is 15.7. The number of benzene rings is 1. The maximum atomic E-state index is 12.3. The summed E-state index contributed by atoms with van der Waals surface area (Å²) in [7, 11) is 0. The van der Waals surface area contributed by atoms with Crippen LogP contribution in [0.25, 0.3) is 0 Å². The molecule has 6 heteroatoms. The highest BCUT2D eigenvalue weighted by atomic mass is 16.3. The smallest absolute Gasteiger partial charge is 0.251 e. The van der Waals surface area contributed by atoms with Crippen molar-refractivity contribution in [3.8, 4) is 0 Å². The maximum absolute atomic E-state index is 12.3. The summed E-state index contributed by atoms with van der Waals surface area (Å²) in [6.07, 6.45) is 1.14. The summed E-state index contributed by atoms with van der Waals surface area (Å²) < 4.78 is 0. The third-order valence-corrected chi connectivity index (χ3v) is 4.56. The second-order valence-corrected chi connectivity index (χ2v) is 6.31. The Hall–Kier alpha value is -1.92. The molecule has 3 rings (SSSR count). The van der Waals surface area contributed by atoms with Crippen LogP contribution >= 0.6 is 0 Å². The fraction of sp³-hybridized carbons (Fsp3) is 0.529. The van der Waals surface area contributed by atoms with Crippen LogP contribution in [-0.4, -0.2) is 54.1 Å². The normalized spacial score (nSPS) is 24.2. The van der Waals surface area contributed by atoms with Crippen molar-refractivity contribution in [2.75, 3.05) is 26.2 Å². The zero-order chi connectivity index (χ0) is 16.2. The predicted octanol–water partition coefficient (Wildman–Crippen LogP) is 0.119. The fourth-order valence-electron chi connectivity index (χ4n) is 3.16. The molecule has 2 atom stereocenters. The maximum Gasteiger partial charge on any atom is 0.251 e. The molecule has 2 heterocycles. The van der Waals surface area contributed by atoms with Crippen LogP contribution in [0.5, 0.6) is 0 Å². The number of β-amino-alcohol motifs (C(OH)–C–C–N with tert-alkyl or cyclic N) is 1. The Kier molecular flexibility index (Phi) is 4.93.